The standard InChI is InChI=1S/C12H14ClNO4S/c1-8(15)14-6-9-4-10-5-11(19(13,16)17)2-3-12(10)18-7-9/h2-3,5,9H,4,6-7H2,1H3,(H,14,15). The highest BCUT2D eigenvalue weighted by atomic mass is 35.7. The molecule has 2 rings (SSSR count). The van der Waals surface area contributed by atoms with E-state index < -0.39 is 9.05 Å². The Morgan fingerprint density at radius 2 is 2.26 bits per heavy atom. The van der Waals surface area contributed by atoms with Crippen molar-refractivity contribution in [3.8, 4) is 5.75 Å². The van der Waals surface area contributed by atoms with Crippen LogP contribution in [-0.4, -0.2) is 27.5 Å². The summed E-state index contributed by atoms with van der Waals surface area (Å²) in [6.07, 6.45) is 0.649. The van der Waals surface area contributed by atoms with Gasteiger partial charge in [-0.1, -0.05) is 0 Å². The average Bonchev–Trinajstić information content (AvgIpc) is 2.34. The SMILES string of the molecule is CC(=O)NCC1COc2ccc(S(=O)(=O)Cl)cc2C1. The molecule has 0 radical (unpaired) electrons. The van der Waals surface area contributed by atoms with E-state index in [-0.39, 0.29) is 16.7 Å². The van der Waals surface area contributed by atoms with E-state index in [0.29, 0.717) is 25.3 Å². The summed E-state index contributed by atoms with van der Waals surface area (Å²) in [5.41, 5.74) is 0.795. The molecule has 1 aliphatic rings. The van der Waals surface area contributed by atoms with E-state index in [4.69, 9.17) is 15.4 Å². The molecule has 5 nitrogen and oxygen atoms in total. The number of ether oxygens (including phenoxy) is 1. The number of halogens is 1. The Balaban J connectivity index is 2.16. The highest BCUT2D eigenvalue weighted by Crippen LogP contribution is 2.30. The van der Waals surface area contributed by atoms with Gasteiger partial charge in [-0.2, -0.15) is 0 Å². The van der Waals surface area contributed by atoms with Gasteiger partial charge in [-0.3, -0.25) is 4.79 Å². The molecule has 1 heterocycles. The van der Waals surface area contributed by atoms with E-state index in [0.717, 1.165) is 5.56 Å². The van der Waals surface area contributed by atoms with Gasteiger partial charge in [0, 0.05) is 30.1 Å². The molecule has 1 amide bonds. The number of fused-ring (bicyclic) bond motifs is 1. The van der Waals surface area contributed by atoms with Crippen molar-refractivity contribution in [1.82, 2.24) is 5.32 Å². The highest BCUT2D eigenvalue weighted by Gasteiger charge is 2.22. The molecule has 0 bridgehead atoms. The van der Waals surface area contributed by atoms with E-state index in [1.807, 2.05) is 0 Å². The fraction of sp³-hybridized carbons (Fsp3) is 0.417. The molecule has 0 saturated heterocycles. The molecule has 0 saturated carbocycles. The molecule has 0 fully saturated rings. The molecule has 0 aromatic heterocycles. The maximum atomic E-state index is 11.3. The molecular formula is C12H14ClNO4S. The van der Waals surface area contributed by atoms with Gasteiger partial charge in [0.15, 0.2) is 0 Å². The minimum absolute atomic E-state index is 0.0664. The number of amides is 1. The van der Waals surface area contributed by atoms with Gasteiger partial charge in [0.1, 0.15) is 5.75 Å². The normalized spacial score (nSPS) is 18.3. The second-order valence-corrected chi connectivity index (χ2v) is 7.09. The Labute approximate surface area is 116 Å². The fourth-order valence-electron chi connectivity index (χ4n) is 2.00. The number of hydrogen-bond donors (Lipinski definition) is 1. The predicted molar refractivity (Wildman–Crippen MR) is 70.9 cm³/mol. The molecule has 0 spiro atoms. The lowest BCUT2D eigenvalue weighted by atomic mass is 9.97. The molecule has 7 heteroatoms. The topological polar surface area (TPSA) is 72.5 Å². The van der Waals surface area contributed by atoms with Crippen LogP contribution in [-0.2, 0) is 20.3 Å². The van der Waals surface area contributed by atoms with Crippen LogP contribution in [0, 0.1) is 5.92 Å². The smallest absolute Gasteiger partial charge is 0.261 e. The summed E-state index contributed by atoms with van der Waals surface area (Å²) in [5, 5.41) is 2.73. The first kappa shape index (κ1) is 14.1. The Kier molecular flexibility index (Phi) is 4.01. The molecule has 1 atom stereocenters. The quantitative estimate of drug-likeness (QED) is 0.854. The summed E-state index contributed by atoms with van der Waals surface area (Å²) in [6, 6.07) is 4.56. The molecule has 1 unspecified atom stereocenters. The number of hydrogen-bond acceptors (Lipinski definition) is 4. The lowest BCUT2D eigenvalue weighted by molar-refractivity contribution is -0.119. The first-order valence-corrected chi connectivity index (χ1v) is 8.12. The van der Waals surface area contributed by atoms with Gasteiger partial charge >= 0.3 is 0 Å². The lowest BCUT2D eigenvalue weighted by Crippen LogP contribution is -2.33. The molecule has 1 N–H and O–H groups in total. The van der Waals surface area contributed by atoms with Gasteiger partial charge in [0.2, 0.25) is 5.91 Å². The van der Waals surface area contributed by atoms with Crippen molar-refractivity contribution >= 4 is 25.6 Å². The summed E-state index contributed by atoms with van der Waals surface area (Å²) in [5.74, 6) is 0.704. The Morgan fingerprint density at radius 1 is 1.53 bits per heavy atom. The molecule has 1 aliphatic heterocycles. The van der Waals surface area contributed by atoms with Crippen molar-refractivity contribution < 1.29 is 17.9 Å². The first-order chi connectivity index (χ1) is 8.86. The fourth-order valence-corrected chi connectivity index (χ4v) is 2.81. The molecular weight excluding hydrogens is 290 g/mol. The third-order valence-electron chi connectivity index (χ3n) is 2.94. The van der Waals surface area contributed by atoms with Gasteiger partial charge < -0.3 is 10.1 Å². The van der Waals surface area contributed by atoms with Gasteiger partial charge in [-0.25, -0.2) is 8.42 Å². The zero-order valence-corrected chi connectivity index (χ0v) is 11.9. The van der Waals surface area contributed by atoms with E-state index in [9.17, 15) is 13.2 Å². The maximum Gasteiger partial charge on any atom is 0.261 e. The average molecular weight is 304 g/mol. The largest absolute Gasteiger partial charge is 0.493 e. The Bertz CT molecular complexity index is 600. The third kappa shape index (κ3) is 3.61. The first-order valence-electron chi connectivity index (χ1n) is 5.81. The summed E-state index contributed by atoms with van der Waals surface area (Å²) < 4.78 is 28.1. The van der Waals surface area contributed by atoms with Gasteiger partial charge in [-0.05, 0) is 30.2 Å². The van der Waals surface area contributed by atoms with Crippen LogP contribution in [0.4, 0.5) is 0 Å². The van der Waals surface area contributed by atoms with Crippen molar-refractivity contribution in [2.75, 3.05) is 13.2 Å². The molecule has 1 aromatic carbocycles. The maximum absolute atomic E-state index is 11.3. The highest BCUT2D eigenvalue weighted by molar-refractivity contribution is 8.13. The lowest BCUT2D eigenvalue weighted by Gasteiger charge is -2.25. The summed E-state index contributed by atoms with van der Waals surface area (Å²) in [6.45, 7) is 2.46. The molecule has 0 aliphatic carbocycles. The van der Waals surface area contributed by atoms with Crippen molar-refractivity contribution in [2.45, 2.75) is 18.2 Å². The van der Waals surface area contributed by atoms with Crippen LogP contribution in [0.2, 0.25) is 0 Å². The van der Waals surface area contributed by atoms with Crippen LogP contribution < -0.4 is 10.1 Å². The van der Waals surface area contributed by atoms with Crippen LogP contribution in [0.5, 0.6) is 5.75 Å². The van der Waals surface area contributed by atoms with Crippen molar-refractivity contribution in [3.05, 3.63) is 23.8 Å². The number of rotatable bonds is 3. The van der Waals surface area contributed by atoms with Crippen molar-refractivity contribution in [1.29, 1.82) is 0 Å². The van der Waals surface area contributed by atoms with Crippen LogP contribution in [0.25, 0.3) is 0 Å². The second-order valence-electron chi connectivity index (χ2n) is 4.53. The predicted octanol–water partition coefficient (Wildman–Crippen LogP) is 1.30. The van der Waals surface area contributed by atoms with Crippen LogP contribution in [0.15, 0.2) is 23.1 Å². The van der Waals surface area contributed by atoms with Gasteiger partial charge in [0.05, 0.1) is 11.5 Å². The van der Waals surface area contributed by atoms with Gasteiger partial charge in [0.25, 0.3) is 9.05 Å². The monoisotopic (exact) mass is 303 g/mol. The van der Waals surface area contributed by atoms with E-state index in [2.05, 4.69) is 5.32 Å². The molecule has 19 heavy (non-hydrogen) atoms. The van der Waals surface area contributed by atoms with E-state index in [1.165, 1.54) is 19.1 Å². The van der Waals surface area contributed by atoms with Crippen LogP contribution in [0.3, 0.4) is 0 Å². The minimum Gasteiger partial charge on any atom is -0.493 e. The summed E-state index contributed by atoms with van der Waals surface area (Å²) >= 11 is 0. The molecule has 104 valence electrons. The second kappa shape index (κ2) is 5.38. The number of carbonyl (C=O) groups is 1. The summed E-state index contributed by atoms with van der Waals surface area (Å²) in [4.78, 5) is 10.9. The van der Waals surface area contributed by atoms with Crippen LogP contribution >= 0.6 is 10.7 Å². The van der Waals surface area contributed by atoms with Crippen molar-refractivity contribution in [3.63, 3.8) is 0 Å². The zero-order valence-electron chi connectivity index (χ0n) is 10.3. The summed E-state index contributed by atoms with van der Waals surface area (Å²) in [7, 11) is 1.58. The van der Waals surface area contributed by atoms with Gasteiger partial charge in [-0.15, -0.1) is 0 Å². The number of benzene rings is 1. The number of nitrogens with one attached hydrogen (secondary N) is 1. The Hall–Kier alpha value is -1.27. The van der Waals surface area contributed by atoms with E-state index >= 15 is 0 Å². The minimum atomic E-state index is -3.73. The molecule has 1 aromatic rings. The Morgan fingerprint density at radius 3 is 2.89 bits per heavy atom. The van der Waals surface area contributed by atoms with Crippen LogP contribution in [0.1, 0.15) is 12.5 Å². The zero-order chi connectivity index (χ0) is 14.0. The third-order valence-corrected chi connectivity index (χ3v) is 4.29. The number of carbonyl (C=O) groups excluding carboxylic acids is 1. The van der Waals surface area contributed by atoms with Crippen molar-refractivity contribution in [2.24, 2.45) is 5.92 Å². The van der Waals surface area contributed by atoms with E-state index in [1.54, 1.807) is 6.07 Å².